The zero-order chi connectivity index (χ0) is 23.1. The number of carbonyl (C=O) groups is 2. The van der Waals surface area contributed by atoms with Crippen molar-refractivity contribution in [3.05, 3.63) is 90.1 Å². The van der Waals surface area contributed by atoms with E-state index in [1.807, 2.05) is 12.1 Å². The molecule has 2 amide bonds. The third kappa shape index (κ3) is 3.84. The predicted octanol–water partition coefficient (Wildman–Crippen LogP) is 4.29. The van der Waals surface area contributed by atoms with Gasteiger partial charge in [-0.2, -0.15) is 5.10 Å². The molecule has 1 aliphatic rings. The first-order valence-electron chi connectivity index (χ1n) is 10.5. The van der Waals surface area contributed by atoms with Crippen molar-refractivity contribution in [1.82, 2.24) is 15.1 Å². The molecule has 5 rings (SSSR count). The van der Waals surface area contributed by atoms with E-state index in [1.165, 1.54) is 31.2 Å². The number of nitrogens with one attached hydrogen (secondary N) is 1. The molecule has 0 bridgehead atoms. The molecule has 4 aromatic rings. The molecule has 3 aromatic carbocycles. The van der Waals surface area contributed by atoms with Gasteiger partial charge >= 0.3 is 0 Å². The summed E-state index contributed by atoms with van der Waals surface area (Å²) in [7, 11) is 0. The fraction of sp³-hybridized carbons (Fsp3) is 0.160. The van der Waals surface area contributed by atoms with Gasteiger partial charge in [-0.1, -0.05) is 12.1 Å². The van der Waals surface area contributed by atoms with E-state index in [2.05, 4.69) is 10.4 Å². The number of amides is 2. The van der Waals surface area contributed by atoms with Crippen LogP contribution in [0.5, 0.6) is 0 Å². The van der Waals surface area contributed by atoms with Gasteiger partial charge in [0.15, 0.2) is 0 Å². The van der Waals surface area contributed by atoms with Crippen LogP contribution in [0.1, 0.15) is 24.9 Å². The summed E-state index contributed by atoms with van der Waals surface area (Å²) in [5.41, 5.74) is 2.72. The number of carbonyl (C=O) groups excluding carboxylic acids is 2. The molecule has 0 radical (unpaired) electrons. The maximum Gasteiger partial charge on any atom is 0.229 e. The van der Waals surface area contributed by atoms with E-state index in [4.69, 9.17) is 0 Å². The minimum Gasteiger partial charge on any atom is -0.351 e. The molecule has 0 saturated carbocycles. The number of fused-ring (bicyclic) bond motifs is 1. The molecule has 0 spiro atoms. The maximum atomic E-state index is 14.0. The maximum absolute atomic E-state index is 14.0. The van der Waals surface area contributed by atoms with Crippen LogP contribution in [-0.2, 0) is 9.59 Å². The quantitative estimate of drug-likeness (QED) is 0.509. The fourth-order valence-corrected chi connectivity index (χ4v) is 4.46. The number of rotatable bonds is 4. The van der Waals surface area contributed by atoms with Crippen LogP contribution >= 0.6 is 0 Å². The second-order valence-corrected chi connectivity index (χ2v) is 8.05. The molecular weight excluding hydrogens is 426 g/mol. The third-order valence-electron chi connectivity index (χ3n) is 5.80. The van der Waals surface area contributed by atoms with E-state index in [0.717, 1.165) is 10.9 Å². The van der Waals surface area contributed by atoms with Gasteiger partial charge in [-0.3, -0.25) is 9.59 Å². The Morgan fingerprint density at radius 1 is 1.00 bits per heavy atom. The number of nitrogens with zero attached hydrogens (tertiary/aromatic N) is 3. The highest BCUT2D eigenvalue weighted by Crippen LogP contribution is 2.38. The van der Waals surface area contributed by atoms with Crippen molar-refractivity contribution in [2.24, 2.45) is 0 Å². The summed E-state index contributed by atoms with van der Waals surface area (Å²) in [5, 5.41) is 8.03. The highest BCUT2D eigenvalue weighted by atomic mass is 19.1. The lowest BCUT2D eigenvalue weighted by atomic mass is 9.99. The highest BCUT2D eigenvalue weighted by Gasteiger charge is 2.42. The van der Waals surface area contributed by atoms with Crippen LogP contribution < -0.4 is 10.2 Å². The molecule has 1 aliphatic heterocycles. The summed E-state index contributed by atoms with van der Waals surface area (Å²) in [6, 6.07) is 16.5. The van der Waals surface area contributed by atoms with Crippen LogP contribution in [0.2, 0.25) is 0 Å². The molecule has 33 heavy (non-hydrogen) atoms. The third-order valence-corrected chi connectivity index (χ3v) is 5.80. The van der Waals surface area contributed by atoms with E-state index >= 15 is 0 Å². The van der Waals surface area contributed by atoms with Crippen molar-refractivity contribution in [3.63, 3.8) is 0 Å². The second-order valence-electron chi connectivity index (χ2n) is 8.05. The molecule has 1 aromatic heterocycles. The Hall–Kier alpha value is -4.07. The largest absolute Gasteiger partial charge is 0.351 e. The smallest absolute Gasteiger partial charge is 0.229 e. The molecule has 2 unspecified atom stereocenters. The van der Waals surface area contributed by atoms with Crippen molar-refractivity contribution in [1.29, 1.82) is 0 Å². The Bertz CT molecular complexity index is 1370. The molecule has 1 N–H and O–H groups in total. The average Bonchev–Trinajstić information content (AvgIpc) is 3.34. The van der Waals surface area contributed by atoms with Gasteiger partial charge in [0.05, 0.1) is 29.5 Å². The fourth-order valence-electron chi connectivity index (χ4n) is 4.46. The minimum atomic E-state index is -0.554. The molecule has 2 heterocycles. The Balaban J connectivity index is 1.57. The van der Waals surface area contributed by atoms with E-state index in [9.17, 15) is 18.4 Å². The Morgan fingerprint density at radius 2 is 1.76 bits per heavy atom. The summed E-state index contributed by atoms with van der Waals surface area (Å²) < 4.78 is 29.0. The zero-order valence-corrected chi connectivity index (χ0v) is 17.7. The van der Waals surface area contributed by atoms with Crippen LogP contribution in [0.3, 0.4) is 0 Å². The number of hydrogen-bond donors (Lipinski definition) is 1. The number of halogens is 2. The summed E-state index contributed by atoms with van der Waals surface area (Å²) in [5.74, 6) is -1.17. The Kier molecular flexibility index (Phi) is 5.12. The SMILES string of the molecule is CC(=O)NC1CC(=O)N(c2ccc3c(cnn3-c3ccc(F)cc3)c2)C1c1cccc(F)c1. The molecule has 1 fully saturated rings. The van der Waals surface area contributed by atoms with Crippen LogP contribution in [0, 0.1) is 11.6 Å². The van der Waals surface area contributed by atoms with Gasteiger partial charge in [0.1, 0.15) is 11.6 Å². The molecule has 6 nitrogen and oxygen atoms in total. The molecule has 8 heteroatoms. The standard InChI is InChI=1S/C25H20F2N4O2/c1-15(32)29-22-13-24(33)30(25(22)16-3-2-4-19(27)11-16)21-9-10-23-17(12-21)14-28-31(23)20-7-5-18(26)6-8-20/h2-12,14,22,25H,13H2,1H3,(H,29,32). The van der Waals surface area contributed by atoms with Crippen molar-refractivity contribution >= 4 is 28.4 Å². The van der Waals surface area contributed by atoms with Gasteiger partial charge < -0.3 is 10.2 Å². The number of aromatic nitrogens is 2. The van der Waals surface area contributed by atoms with Crippen LogP contribution in [0.15, 0.2) is 72.9 Å². The van der Waals surface area contributed by atoms with Gasteiger partial charge in [0, 0.05) is 24.4 Å². The number of benzene rings is 3. The Morgan fingerprint density at radius 3 is 2.48 bits per heavy atom. The first-order valence-corrected chi connectivity index (χ1v) is 10.5. The molecule has 166 valence electrons. The molecule has 0 aliphatic carbocycles. The summed E-state index contributed by atoms with van der Waals surface area (Å²) in [6.45, 7) is 1.39. The summed E-state index contributed by atoms with van der Waals surface area (Å²) >= 11 is 0. The van der Waals surface area contributed by atoms with Crippen molar-refractivity contribution in [2.45, 2.75) is 25.4 Å². The summed E-state index contributed by atoms with van der Waals surface area (Å²) in [6.07, 6.45) is 1.78. The normalized spacial score (nSPS) is 18.2. The first kappa shape index (κ1) is 20.8. The Labute approximate surface area is 188 Å². The lowest BCUT2D eigenvalue weighted by Crippen LogP contribution is -2.38. The lowest BCUT2D eigenvalue weighted by molar-refractivity contribution is -0.119. The molecule has 1 saturated heterocycles. The van der Waals surface area contributed by atoms with E-state index < -0.39 is 17.9 Å². The van der Waals surface area contributed by atoms with E-state index in [1.54, 1.807) is 46.1 Å². The van der Waals surface area contributed by atoms with Gasteiger partial charge in [-0.15, -0.1) is 0 Å². The van der Waals surface area contributed by atoms with Gasteiger partial charge in [0.2, 0.25) is 11.8 Å². The van der Waals surface area contributed by atoms with Crippen LogP contribution in [0.4, 0.5) is 14.5 Å². The minimum absolute atomic E-state index is 0.105. The summed E-state index contributed by atoms with van der Waals surface area (Å²) in [4.78, 5) is 26.4. The topological polar surface area (TPSA) is 67.2 Å². The number of anilines is 1. The van der Waals surface area contributed by atoms with Gasteiger partial charge in [-0.25, -0.2) is 13.5 Å². The second kappa shape index (κ2) is 8.12. The monoisotopic (exact) mass is 446 g/mol. The van der Waals surface area contributed by atoms with Crippen LogP contribution in [-0.4, -0.2) is 27.6 Å². The van der Waals surface area contributed by atoms with Gasteiger partial charge in [-0.05, 0) is 60.2 Å². The predicted molar refractivity (Wildman–Crippen MR) is 120 cm³/mol. The van der Waals surface area contributed by atoms with E-state index in [0.29, 0.717) is 16.9 Å². The van der Waals surface area contributed by atoms with Crippen molar-refractivity contribution < 1.29 is 18.4 Å². The zero-order valence-electron chi connectivity index (χ0n) is 17.7. The van der Waals surface area contributed by atoms with E-state index in [-0.39, 0.29) is 24.1 Å². The number of hydrogen-bond acceptors (Lipinski definition) is 3. The van der Waals surface area contributed by atoms with Crippen molar-refractivity contribution in [3.8, 4) is 5.69 Å². The lowest BCUT2D eigenvalue weighted by Gasteiger charge is -2.29. The van der Waals surface area contributed by atoms with Crippen molar-refractivity contribution in [2.75, 3.05) is 4.90 Å². The van der Waals surface area contributed by atoms with Gasteiger partial charge in [0.25, 0.3) is 0 Å². The van der Waals surface area contributed by atoms with Crippen LogP contribution in [0.25, 0.3) is 16.6 Å². The highest BCUT2D eigenvalue weighted by molar-refractivity contribution is 6.00. The first-order chi connectivity index (χ1) is 15.9. The molecule has 2 atom stereocenters. The molecular formula is C25H20F2N4O2. The average molecular weight is 446 g/mol.